The third-order valence-electron chi connectivity index (χ3n) is 4.18. The Hall–Kier alpha value is -0.340. The molecule has 102 valence electrons. The number of thiophene rings is 1. The van der Waals surface area contributed by atoms with Crippen LogP contribution in [0.3, 0.4) is 0 Å². The van der Waals surface area contributed by atoms with Gasteiger partial charge >= 0.3 is 0 Å². The van der Waals surface area contributed by atoms with E-state index < -0.39 is 0 Å². The monoisotopic (exact) mass is 265 g/mol. The Labute approximate surface area is 116 Å². The van der Waals surface area contributed by atoms with Gasteiger partial charge in [-0.05, 0) is 55.2 Å². The lowest BCUT2D eigenvalue weighted by molar-refractivity contribution is 0.274. The van der Waals surface area contributed by atoms with E-state index in [0.29, 0.717) is 6.04 Å². The van der Waals surface area contributed by atoms with Crippen LogP contribution in [0.4, 0.5) is 0 Å². The van der Waals surface area contributed by atoms with Crippen LogP contribution in [0.15, 0.2) is 11.4 Å². The highest BCUT2D eigenvalue weighted by Crippen LogP contribution is 2.38. The van der Waals surface area contributed by atoms with E-state index in [9.17, 15) is 0 Å². The number of nitrogens with one attached hydrogen (secondary N) is 1. The Bertz CT molecular complexity index is 339. The standard InChI is InChI=1S/C16H27NS/c1-3-11-17-15(14-8-6-5-7-9-14)16-13(4-2)10-12-18-16/h10,12,14-15,17H,3-9,11H2,1-2H3. The van der Waals surface area contributed by atoms with Crippen molar-refractivity contribution in [2.75, 3.05) is 6.54 Å². The van der Waals surface area contributed by atoms with Gasteiger partial charge < -0.3 is 5.32 Å². The van der Waals surface area contributed by atoms with Crippen molar-refractivity contribution in [3.63, 3.8) is 0 Å². The molecule has 1 aliphatic rings. The zero-order valence-electron chi connectivity index (χ0n) is 11.9. The Morgan fingerprint density at radius 2 is 2.06 bits per heavy atom. The largest absolute Gasteiger partial charge is 0.309 e. The van der Waals surface area contributed by atoms with Gasteiger partial charge in [0.2, 0.25) is 0 Å². The van der Waals surface area contributed by atoms with Crippen LogP contribution in [0.1, 0.15) is 68.9 Å². The van der Waals surface area contributed by atoms with Crippen LogP contribution in [0.25, 0.3) is 0 Å². The lowest BCUT2D eigenvalue weighted by Gasteiger charge is -2.31. The predicted molar refractivity (Wildman–Crippen MR) is 81.3 cm³/mol. The molecule has 1 aliphatic carbocycles. The molecule has 1 aromatic rings. The summed E-state index contributed by atoms with van der Waals surface area (Å²) in [7, 11) is 0. The van der Waals surface area contributed by atoms with Gasteiger partial charge in [-0.15, -0.1) is 11.3 Å². The van der Waals surface area contributed by atoms with E-state index in [1.807, 2.05) is 11.3 Å². The second-order valence-electron chi connectivity index (χ2n) is 5.49. The third kappa shape index (κ3) is 3.36. The highest BCUT2D eigenvalue weighted by Gasteiger charge is 2.26. The third-order valence-corrected chi connectivity index (χ3v) is 5.22. The first kappa shape index (κ1) is 14.1. The number of rotatable bonds is 6. The minimum atomic E-state index is 0.625. The fourth-order valence-corrected chi connectivity index (χ4v) is 4.32. The first-order chi connectivity index (χ1) is 8.86. The summed E-state index contributed by atoms with van der Waals surface area (Å²) in [5.41, 5.74) is 1.57. The fourth-order valence-electron chi connectivity index (χ4n) is 3.15. The van der Waals surface area contributed by atoms with Crippen molar-refractivity contribution in [1.29, 1.82) is 0 Å². The molecule has 2 rings (SSSR count). The Morgan fingerprint density at radius 1 is 1.28 bits per heavy atom. The minimum Gasteiger partial charge on any atom is -0.309 e. The van der Waals surface area contributed by atoms with Gasteiger partial charge in [0.05, 0.1) is 0 Å². The summed E-state index contributed by atoms with van der Waals surface area (Å²) in [5, 5.41) is 6.10. The molecule has 2 heteroatoms. The van der Waals surface area contributed by atoms with Gasteiger partial charge in [-0.25, -0.2) is 0 Å². The van der Waals surface area contributed by atoms with E-state index in [1.54, 1.807) is 10.4 Å². The number of hydrogen-bond acceptors (Lipinski definition) is 2. The molecular formula is C16H27NS. The summed E-state index contributed by atoms with van der Waals surface area (Å²) in [6.45, 7) is 5.70. The molecule has 0 radical (unpaired) electrons. The molecule has 1 heterocycles. The topological polar surface area (TPSA) is 12.0 Å². The quantitative estimate of drug-likeness (QED) is 0.769. The van der Waals surface area contributed by atoms with Gasteiger partial charge in [-0.1, -0.05) is 33.1 Å². The summed E-state index contributed by atoms with van der Waals surface area (Å²) in [5.74, 6) is 0.870. The summed E-state index contributed by atoms with van der Waals surface area (Å²) in [4.78, 5) is 1.62. The van der Waals surface area contributed by atoms with Gasteiger partial charge in [-0.3, -0.25) is 0 Å². The average molecular weight is 265 g/mol. The van der Waals surface area contributed by atoms with Crippen LogP contribution in [0.2, 0.25) is 0 Å². The second kappa shape index (κ2) is 7.30. The van der Waals surface area contributed by atoms with Crippen molar-refractivity contribution in [2.45, 2.75) is 64.8 Å². The van der Waals surface area contributed by atoms with Crippen molar-refractivity contribution >= 4 is 11.3 Å². The second-order valence-corrected chi connectivity index (χ2v) is 6.44. The first-order valence-electron chi connectivity index (χ1n) is 7.66. The molecule has 1 fully saturated rings. The maximum atomic E-state index is 3.83. The molecule has 1 nitrogen and oxygen atoms in total. The number of aryl methyl sites for hydroxylation is 1. The van der Waals surface area contributed by atoms with Gasteiger partial charge in [0.1, 0.15) is 0 Å². The molecule has 0 aromatic carbocycles. The first-order valence-corrected chi connectivity index (χ1v) is 8.54. The molecule has 1 unspecified atom stereocenters. The lowest BCUT2D eigenvalue weighted by Crippen LogP contribution is -2.30. The highest BCUT2D eigenvalue weighted by molar-refractivity contribution is 7.10. The van der Waals surface area contributed by atoms with Crippen LogP contribution in [-0.2, 0) is 6.42 Å². The molecule has 1 saturated carbocycles. The molecule has 1 atom stereocenters. The highest BCUT2D eigenvalue weighted by atomic mass is 32.1. The summed E-state index contributed by atoms with van der Waals surface area (Å²) in [6, 6.07) is 2.95. The Morgan fingerprint density at radius 3 is 2.72 bits per heavy atom. The van der Waals surface area contributed by atoms with Gasteiger partial charge in [0, 0.05) is 10.9 Å². The fraction of sp³-hybridized carbons (Fsp3) is 0.750. The van der Waals surface area contributed by atoms with Gasteiger partial charge in [0.15, 0.2) is 0 Å². The summed E-state index contributed by atoms with van der Waals surface area (Å²) < 4.78 is 0. The van der Waals surface area contributed by atoms with E-state index in [0.717, 1.165) is 12.5 Å². The number of hydrogen-bond donors (Lipinski definition) is 1. The van der Waals surface area contributed by atoms with Crippen molar-refractivity contribution < 1.29 is 0 Å². The van der Waals surface area contributed by atoms with Crippen LogP contribution < -0.4 is 5.32 Å². The van der Waals surface area contributed by atoms with Crippen LogP contribution in [0.5, 0.6) is 0 Å². The normalized spacial score (nSPS) is 19.0. The van der Waals surface area contributed by atoms with Crippen molar-refractivity contribution in [2.24, 2.45) is 5.92 Å². The molecule has 1 N–H and O–H groups in total. The average Bonchev–Trinajstić information content (AvgIpc) is 2.89. The van der Waals surface area contributed by atoms with Crippen molar-refractivity contribution in [3.05, 3.63) is 21.9 Å². The molecule has 0 amide bonds. The Balaban J connectivity index is 2.12. The summed E-state index contributed by atoms with van der Waals surface area (Å²) in [6.07, 6.45) is 9.56. The molecule has 18 heavy (non-hydrogen) atoms. The van der Waals surface area contributed by atoms with Crippen molar-refractivity contribution in [1.82, 2.24) is 5.32 Å². The van der Waals surface area contributed by atoms with Gasteiger partial charge in [0.25, 0.3) is 0 Å². The molecule has 0 spiro atoms. The van der Waals surface area contributed by atoms with E-state index in [4.69, 9.17) is 0 Å². The SMILES string of the molecule is CCCNC(c1sccc1CC)C1CCCCC1. The molecule has 0 bridgehead atoms. The van der Waals surface area contributed by atoms with E-state index in [1.165, 1.54) is 44.9 Å². The molecule has 0 aliphatic heterocycles. The lowest BCUT2D eigenvalue weighted by atomic mass is 9.82. The van der Waals surface area contributed by atoms with E-state index in [2.05, 4.69) is 30.6 Å². The Kier molecular flexibility index (Phi) is 5.71. The molecule has 0 saturated heterocycles. The molecule has 1 aromatic heterocycles. The van der Waals surface area contributed by atoms with E-state index >= 15 is 0 Å². The minimum absolute atomic E-state index is 0.625. The van der Waals surface area contributed by atoms with Gasteiger partial charge in [-0.2, -0.15) is 0 Å². The maximum absolute atomic E-state index is 3.83. The molecular weight excluding hydrogens is 238 g/mol. The predicted octanol–water partition coefficient (Wildman–Crippen LogP) is 4.93. The van der Waals surface area contributed by atoms with Crippen LogP contribution in [0, 0.1) is 5.92 Å². The zero-order valence-corrected chi connectivity index (χ0v) is 12.7. The van der Waals surface area contributed by atoms with Crippen molar-refractivity contribution in [3.8, 4) is 0 Å². The summed E-state index contributed by atoms with van der Waals surface area (Å²) >= 11 is 1.96. The zero-order chi connectivity index (χ0) is 12.8. The van der Waals surface area contributed by atoms with E-state index in [-0.39, 0.29) is 0 Å². The van der Waals surface area contributed by atoms with Crippen LogP contribution >= 0.6 is 11.3 Å². The maximum Gasteiger partial charge on any atom is 0.0446 e. The van der Waals surface area contributed by atoms with Crippen LogP contribution in [-0.4, -0.2) is 6.54 Å². The smallest absolute Gasteiger partial charge is 0.0446 e.